The quantitative estimate of drug-likeness (QED) is 0.457. The Morgan fingerprint density at radius 3 is 2.24 bits per heavy atom. The van der Waals surface area contributed by atoms with Gasteiger partial charge in [-0.2, -0.15) is 13.2 Å². The molecule has 1 N–H and O–H groups in total. The first-order valence-electron chi connectivity index (χ1n) is 11.7. The van der Waals surface area contributed by atoms with Crippen LogP contribution in [0.5, 0.6) is 0 Å². The van der Waals surface area contributed by atoms with E-state index in [2.05, 4.69) is 4.98 Å². The van der Waals surface area contributed by atoms with Gasteiger partial charge < -0.3 is 14.8 Å². The zero-order valence-corrected chi connectivity index (χ0v) is 19.7. The van der Waals surface area contributed by atoms with Gasteiger partial charge in [0.1, 0.15) is 0 Å². The van der Waals surface area contributed by atoms with Crippen molar-refractivity contribution in [1.29, 1.82) is 0 Å². The fourth-order valence-corrected chi connectivity index (χ4v) is 4.54. The van der Waals surface area contributed by atoms with E-state index in [1.807, 2.05) is 4.90 Å². The maximum atomic E-state index is 13.0. The zero-order chi connectivity index (χ0) is 26.2. The number of H-pyrrole nitrogens is 1. The fraction of sp³-hybridized carbons (Fsp3) is 0.222. The molecule has 0 unspecified atom stereocenters. The second-order valence-corrected chi connectivity index (χ2v) is 8.88. The summed E-state index contributed by atoms with van der Waals surface area (Å²) >= 11 is 0. The third-order valence-corrected chi connectivity index (χ3v) is 6.53. The highest BCUT2D eigenvalue weighted by Gasteiger charge is 2.31. The lowest BCUT2D eigenvalue weighted by atomic mass is 10.1. The van der Waals surface area contributed by atoms with E-state index in [0.717, 1.165) is 22.3 Å². The van der Waals surface area contributed by atoms with E-state index in [1.54, 1.807) is 59.5 Å². The molecule has 1 aliphatic heterocycles. The largest absolute Gasteiger partial charge is 0.416 e. The smallest absolute Gasteiger partial charge is 0.368 e. The molecule has 4 aromatic rings. The summed E-state index contributed by atoms with van der Waals surface area (Å²) in [6.45, 7) is 1.66. The number of nitrogens with zero attached hydrogens (tertiary/aromatic N) is 3. The van der Waals surface area contributed by atoms with Gasteiger partial charge in [0.25, 0.3) is 5.56 Å². The number of carbonyl (C=O) groups is 1. The summed E-state index contributed by atoms with van der Waals surface area (Å²) in [6, 6.07) is 18.6. The van der Waals surface area contributed by atoms with Crippen molar-refractivity contribution in [2.24, 2.45) is 0 Å². The summed E-state index contributed by atoms with van der Waals surface area (Å²) in [6.07, 6.45) is -4.27. The molecule has 1 amide bonds. The normalized spacial score (nSPS) is 14.2. The molecule has 1 aromatic heterocycles. The minimum Gasteiger partial charge on any atom is -0.368 e. The predicted octanol–water partition coefficient (Wildman–Crippen LogP) is 3.59. The number of hydrogen-bond acceptors (Lipinski definition) is 4. The lowest BCUT2D eigenvalue weighted by Crippen LogP contribution is -2.49. The number of nitrogens with one attached hydrogen (secondary N) is 1. The maximum Gasteiger partial charge on any atom is 0.416 e. The molecule has 7 nitrogen and oxygen atoms in total. The zero-order valence-electron chi connectivity index (χ0n) is 19.7. The number of halogens is 3. The predicted molar refractivity (Wildman–Crippen MR) is 134 cm³/mol. The Balaban J connectivity index is 1.24. The van der Waals surface area contributed by atoms with Crippen molar-refractivity contribution < 1.29 is 18.0 Å². The Morgan fingerprint density at radius 1 is 0.838 bits per heavy atom. The maximum absolute atomic E-state index is 13.0. The Morgan fingerprint density at radius 2 is 1.54 bits per heavy atom. The number of para-hydroxylation sites is 1. The van der Waals surface area contributed by atoms with Crippen molar-refractivity contribution in [3.8, 4) is 5.69 Å². The number of carbonyl (C=O) groups excluding carboxylic acids is 1. The second-order valence-electron chi connectivity index (χ2n) is 8.88. The van der Waals surface area contributed by atoms with Crippen LogP contribution in [0.15, 0.2) is 82.4 Å². The van der Waals surface area contributed by atoms with Gasteiger partial charge in [0.05, 0.1) is 28.6 Å². The first kappa shape index (κ1) is 24.4. The number of rotatable bonds is 4. The Labute approximate surface area is 209 Å². The topological polar surface area (TPSA) is 78.4 Å². The molecule has 5 rings (SSSR count). The number of anilines is 1. The fourth-order valence-electron chi connectivity index (χ4n) is 4.54. The molecule has 0 spiro atoms. The lowest BCUT2D eigenvalue weighted by Gasteiger charge is -2.36. The van der Waals surface area contributed by atoms with Gasteiger partial charge in [-0.25, -0.2) is 9.36 Å². The van der Waals surface area contributed by atoms with Crippen molar-refractivity contribution in [2.75, 3.05) is 31.1 Å². The molecule has 190 valence electrons. The molecule has 3 aromatic carbocycles. The van der Waals surface area contributed by atoms with Gasteiger partial charge in [-0.05, 0) is 48.0 Å². The molecule has 10 heteroatoms. The standard InChI is InChI=1S/C27H23F3N4O3/c28-27(29,30)19-4-3-5-21(17-19)32-12-14-33(15-13-32)24(35)16-18-8-10-20(11-9-18)34-25(36)22-6-1-2-7-23(22)31-26(34)37/h1-11,17H,12-16H2,(H,31,37). The lowest BCUT2D eigenvalue weighted by molar-refractivity contribution is -0.137. The number of aromatic nitrogens is 2. The highest BCUT2D eigenvalue weighted by molar-refractivity contribution is 5.79. The van der Waals surface area contributed by atoms with Crippen molar-refractivity contribution >= 4 is 22.5 Å². The molecule has 0 saturated carbocycles. The van der Waals surface area contributed by atoms with E-state index in [4.69, 9.17) is 0 Å². The van der Waals surface area contributed by atoms with Crippen LogP contribution in [0, 0.1) is 0 Å². The molecular formula is C27H23F3N4O3. The van der Waals surface area contributed by atoms with Crippen LogP contribution < -0.4 is 16.1 Å². The number of aromatic amines is 1. The highest BCUT2D eigenvalue weighted by atomic mass is 19.4. The minimum absolute atomic E-state index is 0.0999. The number of benzene rings is 3. The SMILES string of the molecule is O=C(Cc1ccc(-n2c(=O)[nH]c3ccccc3c2=O)cc1)N1CCN(c2cccc(C(F)(F)F)c2)CC1. The third kappa shape index (κ3) is 5.00. The van der Waals surface area contributed by atoms with Crippen molar-refractivity contribution in [3.63, 3.8) is 0 Å². The van der Waals surface area contributed by atoms with Crippen LogP contribution in [-0.2, 0) is 17.4 Å². The van der Waals surface area contributed by atoms with Crippen LogP contribution in [0.2, 0.25) is 0 Å². The first-order valence-corrected chi connectivity index (χ1v) is 11.7. The summed E-state index contributed by atoms with van der Waals surface area (Å²) < 4.78 is 40.1. The van der Waals surface area contributed by atoms with E-state index < -0.39 is 23.0 Å². The minimum atomic E-state index is -4.40. The molecule has 0 aliphatic carbocycles. The summed E-state index contributed by atoms with van der Waals surface area (Å²) in [7, 11) is 0. The van der Waals surface area contributed by atoms with Crippen LogP contribution in [0.1, 0.15) is 11.1 Å². The Bertz CT molecular complexity index is 1570. The Kier molecular flexibility index (Phi) is 6.32. The van der Waals surface area contributed by atoms with Crippen LogP contribution in [-0.4, -0.2) is 46.5 Å². The molecule has 1 aliphatic rings. The molecule has 37 heavy (non-hydrogen) atoms. The van der Waals surface area contributed by atoms with E-state index in [-0.39, 0.29) is 12.3 Å². The summed E-state index contributed by atoms with van der Waals surface area (Å²) in [5.41, 5.74) is 0.385. The van der Waals surface area contributed by atoms with Gasteiger partial charge in [-0.1, -0.05) is 30.3 Å². The first-order chi connectivity index (χ1) is 17.7. The van der Waals surface area contributed by atoms with Crippen LogP contribution >= 0.6 is 0 Å². The third-order valence-electron chi connectivity index (χ3n) is 6.53. The monoisotopic (exact) mass is 508 g/mol. The van der Waals surface area contributed by atoms with Crippen LogP contribution in [0.25, 0.3) is 16.6 Å². The van der Waals surface area contributed by atoms with Crippen molar-refractivity contribution in [2.45, 2.75) is 12.6 Å². The number of piperazine rings is 1. The Hall–Kier alpha value is -4.34. The average molecular weight is 509 g/mol. The number of alkyl halides is 3. The number of fused-ring (bicyclic) bond motifs is 1. The molecule has 1 fully saturated rings. The molecule has 0 atom stereocenters. The van der Waals surface area contributed by atoms with Gasteiger partial charge in [0.2, 0.25) is 5.91 Å². The molecule has 0 bridgehead atoms. The highest BCUT2D eigenvalue weighted by Crippen LogP contribution is 2.32. The van der Waals surface area contributed by atoms with Crippen molar-refractivity contribution in [3.05, 3.63) is 105 Å². The number of amides is 1. The van der Waals surface area contributed by atoms with Crippen molar-refractivity contribution in [1.82, 2.24) is 14.5 Å². The van der Waals surface area contributed by atoms with E-state index >= 15 is 0 Å². The summed E-state index contributed by atoms with van der Waals surface area (Å²) in [4.78, 5) is 44.4. The molecule has 2 heterocycles. The summed E-state index contributed by atoms with van der Waals surface area (Å²) in [5.74, 6) is -0.0999. The second kappa shape index (κ2) is 9.61. The van der Waals surface area contributed by atoms with Gasteiger partial charge in [0, 0.05) is 31.9 Å². The van der Waals surface area contributed by atoms with Gasteiger partial charge in [-0.3, -0.25) is 9.59 Å². The molecular weight excluding hydrogens is 485 g/mol. The van der Waals surface area contributed by atoms with Gasteiger partial charge >= 0.3 is 11.9 Å². The van der Waals surface area contributed by atoms with Gasteiger partial charge in [0.15, 0.2) is 0 Å². The van der Waals surface area contributed by atoms with E-state index in [1.165, 1.54) is 6.07 Å². The summed E-state index contributed by atoms with van der Waals surface area (Å²) in [5, 5.41) is 0.394. The molecule has 1 saturated heterocycles. The molecule has 0 radical (unpaired) electrons. The van der Waals surface area contributed by atoms with Crippen LogP contribution in [0.3, 0.4) is 0 Å². The number of hydrogen-bond donors (Lipinski definition) is 1. The average Bonchev–Trinajstić information content (AvgIpc) is 2.89. The van der Waals surface area contributed by atoms with E-state index in [9.17, 15) is 27.6 Å². The van der Waals surface area contributed by atoms with Gasteiger partial charge in [-0.15, -0.1) is 0 Å². The van der Waals surface area contributed by atoms with E-state index in [0.29, 0.717) is 48.5 Å². The van der Waals surface area contributed by atoms with Crippen LogP contribution in [0.4, 0.5) is 18.9 Å².